The number of hydrogen-bond acceptors (Lipinski definition) is 4. The first-order valence-electron chi connectivity index (χ1n) is 10.3. The molecule has 0 aliphatic carbocycles. The predicted molar refractivity (Wildman–Crippen MR) is 131 cm³/mol. The van der Waals surface area contributed by atoms with E-state index in [0.717, 1.165) is 39.9 Å². The Labute approximate surface area is 207 Å². The van der Waals surface area contributed by atoms with Crippen LogP contribution in [0, 0.1) is 5.82 Å². The lowest BCUT2D eigenvalue weighted by Gasteiger charge is -2.48. The van der Waals surface area contributed by atoms with Crippen molar-refractivity contribution in [3.05, 3.63) is 99.3 Å². The number of carboxylic acids is 1. The van der Waals surface area contributed by atoms with Crippen molar-refractivity contribution in [3.63, 3.8) is 0 Å². The van der Waals surface area contributed by atoms with Gasteiger partial charge in [-0.2, -0.15) is 0 Å². The number of sulfonamides is 1. The third kappa shape index (κ3) is 5.05. The van der Waals surface area contributed by atoms with Crippen molar-refractivity contribution in [2.45, 2.75) is 12.1 Å². The number of anilines is 1. The van der Waals surface area contributed by atoms with Gasteiger partial charge in [-0.1, -0.05) is 47.5 Å². The first kappa shape index (κ1) is 24.5. The van der Waals surface area contributed by atoms with Crippen molar-refractivity contribution in [2.75, 3.05) is 23.7 Å². The molecule has 0 unspecified atom stereocenters. The second-order valence-corrected chi connectivity index (χ2v) is 10.9. The number of benzene rings is 3. The molecule has 6 nitrogen and oxygen atoms in total. The van der Waals surface area contributed by atoms with Gasteiger partial charge < -0.3 is 5.11 Å². The van der Waals surface area contributed by atoms with Crippen LogP contribution in [0.1, 0.15) is 27.5 Å². The fraction of sp³-hybridized carbons (Fsp3) is 0.208. The highest BCUT2D eigenvalue weighted by atomic mass is 35.5. The van der Waals surface area contributed by atoms with E-state index in [4.69, 9.17) is 23.2 Å². The zero-order valence-electron chi connectivity index (χ0n) is 18.0. The summed E-state index contributed by atoms with van der Waals surface area (Å²) in [7, 11) is -3.89. The molecule has 3 aromatic rings. The Morgan fingerprint density at radius 2 is 1.50 bits per heavy atom. The second kappa shape index (κ2) is 9.54. The number of aromatic carboxylic acids is 1. The molecule has 1 aliphatic heterocycles. The number of rotatable bonds is 7. The molecule has 0 atom stereocenters. The summed E-state index contributed by atoms with van der Waals surface area (Å²) in [6, 6.07) is 17.1. The van der Waals surface area contributed by atoms with Crippen LogP contribution in [-0.4, -0.2) is 49.8 Å². The highest BCUT2D eigenvalue weighted by molar-refractivity contribution is 7.92. The summed E-state index contributed by atoms with van der Waals surface area (Å²) < 4.78 is 40.9. The normalized spacial score (nSPS) is 14.7. The van der Waals surface area contributed by atoms with Gasteiger partial charge in [0, 0.05) is 23.1 Å². The zero-order chi connectivity index (χ0) is 24.6. The maximum Gasteiger partial charge on any atom is 0.335 e. The molecule has 178 valence electrons. The molecular formula is C24H21Cl2FN2O4S. The highest BCUT2D eigenvalue weighted by Gasteiger charge is 2.41. The monoisotopic (exact) mass is 522 g/mol. The first-order chi connectivity index (χ1) is 16.0. The Morgan fingerprint density at radius 1 is 1.00 bits per heavy atom. The van der Waals surface area contributed by atoms with Crippen LogP contribution < -0.4 is 4.31 Å². The van der Waals surface area contributed by atoms with E-state index < -0.39 is 27.9 Å². The topological polar surface area (TPSA) is 77.9 Å². The molecule has 4 rings (SSSR count). The number of carboxylic acid groups (broad SMARTS) is 1. The van der Waals surface area contributed by atoms with Crippen molar-refractivity contribution in [3.8, 4) is 0 Å². The molecule has 3 aromatic carbocycles. The van der Waals surface area contributed by atoms with Gasteiger partial charge in [-0.25, -0.2) is 17.6 Å². The van der Waals surface area contributed by atoms with Crippen molar-refractivity contribution in [2.24, 2.45) is 0 Å². The standard InChI is InChI=1S/C24H21Cl2FN2O4S/c1-34(32,33)29(22-12-17(24(30)31)6-11-21(22)27)20-13-28(14-20)23(15-2-7-18(25)8-3-15)16-4-9-19(26)10-5-16/h2-12,20,23H,13-14H2,1H3,(H,30,31). The lowest BCUT2D eigenvalue weighted by atomic mass is 9.93. The van der Waals surface area contributed by atoms with Crippen LogP contribution in [-0.2, 0) is 10.0 Å². The Hall–Kier alpha value is -2.65. The van der Waals surface area contributed by atoms with E-state index in [0.29, 0.717) is 23.1 Å². The maximum atomic E-state index is 14.7. The molecule has 1 fully saturated rings. The van der Waals surface area contributed by atoms with Crippen LogP contribution >= 0.6 is 23.2 Å². The smallest absolute Gasteiger partial charge is 0.335 e. The van der Waals surface area contributed by atoms with E-state index in [1.165, 1.54) is 0 Å². The largest absolute Gasteiger partial charge is 0.478 e. The third-order valence-electron chi connectivity index (χ3n) is 5.75. The molecule has 1 heterocycles. The van der Waals surface area contributed by atoms with Crippen molar-refractivity contribution < 1.29 is 22.7 Å². The summed E-state index contributed by atoms with van der Waals surface area (Å²) in [6.07, 6.45) is 0.985. The van der Waals surface area contributed by atoms with Crippen molar-refractivity contribution in [1.29, 1.82) is 0 Å². The minimum absolute atomic E-state index is 0.193. The molecule has 0 aromatic heterocycles. The van der Waals surface area contributed by atoms with Gasteiger partial charge in [0.05, 0.1) is 29.6 Å². The second-order valence-electron chi connectivity index (χ2n) is 8.14. The van der Waals surface area contributed by atoms with Gasteiger partial charge in [0.25, 0.3) is 0 Å². The molecule has 0 amide bonds. The van der Waals surface area contributed by atoms with Gasteiger partial charge in [-0.05, 0) is 53.6 Å². The molecule has 1 saturated heterocycles. The highest BCUT2D eigenvalue weighted by Crippen LogP contribution is 2.37. The van der Waals surface area contributed by atoms with E-state index >= 15 is 0 Å². The van der Waals surface area contributed by atoms with Crippen LogP contribution in [0.25, 0.3) is 0 Å². The van der Waals surface area contributed by atoms with Crippen LogP contribution in [0.5, 0.6) is 0 Å². The van der Waals surface area contributed by atoms with Gasteiger partial charge >= 0.3 is 5.97 Å². The Morgan fingerprint density at radius 3 is 1.94 bits per heavy atom. The van der Waals surface area contributed by atoms with Gasteiger partial charge in [-0.15, -0.1) is 0 Å². The summed E-state index contributed by atoms with van der Waals surface area (Å²) in [5, 5.41) is 10.5. The quantitative estimate of drug-likeness (QED) is 0.468. The van der Waals surface area contributed by atoms with Crippen LogP contribution in [0.15, 0.2) is 66.7 Å². The summed E-state index contributed by atoms with van der Waals surface area (Å²) in [5.41, 5.74) is 1.44. The van der Waals surface area contributed by atoms with Crippen LogP contribution in [0.4, 0.5) is 10.1 Å². The summed E-state index contributed by atoms with van der Waals surface area (Å²) in [4.78, 5) is 13.4. The van der Waals surface area contributed by atoms with Gasteiger partial charge in [0.1, 0.15) is 5.82 Å². The van der Waals surface area contributed by atoms with Gasteiger partial charge in [-0.3, -0.25) is 9.21 Å². The lowest BCUT2D eigenvalue weighted by molar-refractivity contribution is 0.0696. The van der Waals surface area contributed by atoms with Crippen molar-refractivity contribution in [1.82, 2.24) is 4.90 Å². The Balaban J connectivity index is 1.67. The Bertz CT molecular complexity index is 1270. The molecule has 0 spiro atoms. The number of halogens is 3. The minimum Gasteiger partial charge on any atom is -0.478 e. The fourth-order valence-electron chi connectivity index (χ4n) is 4.21. The predicted octanol–water partition coefficient (Wildman–Crippen LogP) is 5.07. The molecule has 0 bridgehead atoms. The van der Waals surface area contributed by atoms with E-state index in [-0.39, 0.29) is 17.3 Å². The summed E-state index contributed by atoms with van der Waals surface area (Å²) in [5.74, 6) is -2.07. The maximum absolute atomic E-state index is 14.7. The van der Waals surface area contributed by atoms with Crippen LogP contribution in [0.3, 0.4) is 0 Å². The molecular weight excluding hydrogens is 502 g/mol. The van der Waals surface area contributed by atoms with Crippen LogP contribution in [0.2, 0.25) is 10.0 Å². The molecule has 1 N–H and O–H groups in total. The average Bonchev–Trinajstić information content (AvgIpc) is 2.74. The lowest BCUT2D eigenvalue weighted by Crippen LogP contribution is -2.61. The molecule has 0 saturated carbocycles. The molecule has 1 aliphatic rings. The number of carbonyl (C=O) groups is 1. The van der Waals surface area contributed by atoms with E-state index in [1.807, 2.05) is 24.3 Å². The van der Waals surface area contributed by atoms with E-state index in [9.17, 15) is 22.7 Å². The first-order valence-corrected chi connectivity index (χ1v) is 12.9. The number of hydrogen-bond donors (Lipinski definition) is 1. The van der Waals surface area contributed by atoms with E-state index in [1.54, 1.807) is 24.3 Å². The molecule has 10 heteroatoms. The summed E-state index contributed by atoms with van der Waals surface area (Å²) in [6.45, 7) is 0.611. The SMILES string of the molecule is CS(=O)(=O)N(c1cc(C(=O)O)ccc1F)C1CN(C(c2ccc(Cl)cc2)c2ccc(Cl)cc2)C1. The molecule has 0 radical (unpaired) electrons. The van der Waals surface area contributed by atoms with Gasteiger partial charge in [0.2, 0.25) is 10.0 Å². The van der Waals surface area contributed by atoms with E-state index in [2.05, 4.69) is 4.90 Å². The minimum atomic E-state index is -3.89. The van der Waals surface area contributed by atoms with Crippen molar-refractivity contribution >= 4 is 44.9 Å². The number of nitrogens with zero attached hydrogens (tertiary/aromatic N) is 2. The summed E-state index contributed by atoms with van der Waals surface area (Å²) >= 11 is 12.1. The molecule has 34 heavy (non-hydrogen) atoms. The third-order valence-corrected chi connectivity index (χ3v) is 7.46. The Kier molecular flexibility index (Phi) is 6.87. The number of likely N-dealkylation sites (tertiary alicyclic amines) is 1. The zero-order valence-corrected chi connectivity index (χ0v) is 20.4. The fourth-order valence-corrected chi connectivity index (χ4v) is 5.64. The van der Waals surface area contributed by atoms with Gasteiger partial charge in [0.15, 0.2) is 0 Å². The average molecular weight is 523 g/mol.